The van der Waals surface area contributed by atoms with Crippen LogP contribution in [0.1, 0.15) is 0 Å². The Labute approximate surface area is 115 Å². The second-order valence-corrected chi connectivity index (χ2v) is 7.35. The van der Waals surface area contributed by atoms with Gasteiger partial charge in [-0.1, -0.05) is 0 Å². The summed E-state index contributed by atoms with van der Waals surface area (Å²) < 4.78 is 14.8. The Morgan fingerprint density at radius 1 is 0.632 bits per heavy atom. The van der Waals surface area contributed by atoms with Gasteiger partial charge in [0.05, 0.1) is 0 Å². The summed E-state index contributed by atoms with van der Waals surface area (Å²) in [4.78, 5) is 0. The van der Waals surface area contributed by atoms with E-state index in [9.17, 15) is 0 Å². The first kappa shape index (κ1) is 9.92. The van der Waals surface area contributed by atoms with E-state index in [0.29, 0.717) is 0 Å². The molecule has 0 bridgehead atoms. The molecule has 0 N–H and O–H groups in total. The van der Waals surface area contributed by atoms with Gasteiger partial charge in [-0.15, -0.1) is 0 Å². The third-order valence-corrected chi connectivity index (χ3v) is 6.78. The first-order chi connectivity index (χ1) is 9.42. The van der Waals surface area contributed by atoms with Crippen molar-refractivity contribution < 1.29 is 8.83 Å². The second-order valence-electron chi connectivity index (χ2n) is 4.73. The van der Waals surface area contributed by atoms with Crippen LogP contribution in [-0.2, 0) is 0 Å². The van der Waals surface area contributed by atoms with Crippen LogP contribution in [0.2, 0.25) is 0 Å². The number of furan rings is 2. The van der Waals surface area contributed by atoms with Crippen molar-refractivity contribution in [2.75, 3.05) is 0 Å². The van der Waals surface area contributed by atoms with E-state index in [-0.39, 0.29) is 15.4 Å². The van der Waals surface area contributed by atoms with E-state index >= 15 is 0 Å². The van der Waals surface area contributed by atoms with Gasteiger partial charge in [0.2, 0.25) is 0 Å². The molecular weight excluding hydrogens is 297 g/mol. The predicted octanol–water partition coefficient (Wildman–Crippen LogP) is 2.81. The molecule has 2 radical (unpaired) electrons. The van der Waals surface area contributed by atoms with E-state index in [1.807, 2.05) is 24.3 Å². The molecule has 1 aliphatic heterocycles. The zero-order valence-electron chi connectivity index (χ0n) is 9.94. The number of para-hydroxylation sites is 2. The quantitative estimate of drug-likeness (QED) is 0.411. The number of fused-ring (bicyclic) bond motifs is 7. The van der Waals surface area contributed by atoms with Gasteiger partial charge in [0.1, 0.15) is 0 Å². The molecule has 4 aromatic rings. The van der Waals surface area contributed by atoms with E-state index in [1.165, 1.54) is 19.6 Å². The molecule has 3 heterocycles. The molecule has 0 fully saturated rings. The molecule has 0 unspecified atom stereocenters. The van der Waals surface area contributed by atoms with Gasteiger partial charge in [0.15, 0.2) is 0 Å². The Morgan fingerprint density at radius 3 is 1.63 bits per heavy atom. The molecule has 1 aliphatic rings. The first-order valence-electron chi connectivity index (χ1n) is 6.22. The number of hydrogen-bond acceptors (Lipinski definition) is 2. The fourth-order valence-corrected chi connectivity index (χ4v) is 5.91. The van der Waals surface area contributed by atoms with Crippen LogP contribution in [-0.4, -0.2) is 15.4 Å². The summed E-state index contributed by atoms with van der Waals surface area (Å²) in [6.45, 7) is 0. The fourth-order valence-electron chi connectivity index (χ4n) is 2.78. The molecule has 0 spiro atoms. The first-order valence-corrected chi connectivity index (χ1v) is 8.32. The van der Waals surface area contributed by atoms with Gasteiger partial charge < -0.3 is 0 Å². The van der Waals surface area contributed by atoms with Crippen molar-refractivity contribution in [1.82, 2.24) is 0 Å². The molecule has 0 aliphatic carbocycles. The Morgan fingerprint density at radius 2 is 1.11 bits per heavy atom. The monoisotopic (exact) mass is 306 g/mol. The second kappa shape index (κ2) is 3.33. The number of rotatable bonds is 0. The average molecular weight is 305 g/mol. The molecule has 0 saturated heterocycles. The summed E-state index contributed by atoms with van der Waals surface area (Å²) >= 11 is -0.366. The van der Waals surface area contributed by atoms with Crippen molar-refractivity contribution in [2.24, 2.45) is 0 Å². The van der Waals surface area contributed by atoms with Crippen LogP contribution in [0.25, 0.3) is 33.5 Å². The number of benzene rings is 2. The van der Waals surface area contributed by atoms with Crippen LogP contribution in [0.3, 0.4) is 0 Å². The Balaban J connectivity index is 1.91. The summed E-state index contributed by atoms with van der Waals surface area (Å²) in [5.74, 6) is 1.93. The van der Waals surface area contributed by atoms with Gasteiger partial charge in [0, 0.05) is 0 Å². The van der Waals surface area contributed by atoms with Gasteiger partial charge >= 0.3 is 115 Å². The standard InChI is InChI=1S/C16H8GeO2/c1-3-7-11-9(5-1)13-15(18-11)16-14(17-13)10-6-2-4-8-12(10)19-16/h1-8H. The Bertz CT molecular complexity index is 868. The molecule has 0 amide bonds. The zero-order valence-corrected chi connectivity index (χ0v) is 12.0. The number of hydrogen-bond donors (Lipinski definition) is 0. The summed E-state index contributed by atoms with van der Waals surface area (Å²) in [6, 6.07) is 16.5. The van der Waals surface area contributed by atoms with Gasteiger partial charge in [-0.3, -0.25) is 0 Å². The van der Waals surface area contributed by atoms with Crippen molar-refractivity contribution >= 4 is 46.2 Å². The normalized spacial score (nSPS) is 13.1. The van der Waals surface area contributed by atoms with E-state index in [0.717, 1.165) is 22.7 Å². The van der Waals surface area contributed by atoms with Gasteiger partial charge in [0.25, 0.3) is 0 Å². The van der Waals surface area contributed by atoms with Crippen LogP contribution in [0.4, 0.5) is 0 Å². The molecule has 0 atom stereocenters. The summed E-state index contributed by atoms with van der Waals surface area (Å²) in [5, 5.41) is 2.51. The van der Waals surface area contributed by atoms with E-state index in [1.54, 1.807) is 0 Å². The molecule has 3 heteroatoms. The maximum atomic E-state index is 6.00. The molecule has 88 valence electrons. The topological polar surface area (TPSA) is 26.3 Å². The van der Waals surface area contributed by atoms with E-state index in [4.69, 9.17) is 8.83 Å². The van der Waals surface area contributed by atoms with Gasteiger partial charge in [-0.2, -0.15) is 0 Å². The SMILES string of the molecule is c1ccc2[c]3c(oc2c1)-c1oc2ccccc2[c]1[Ge]3. The van der Waals surface area contributed by atoms with Crippen LogP contribution in [0.15, 0.2) is 57.4 Å². The van der Waals surface area contributed by atoms with E-state index < -0.39 is 0 Å². The Hall–Kier alpha value is -1.94. The minimum absolute atomic E-state index is 0.366. The zero-order chi connectivity index (χ0) is 12.4. The average Bonchev–Trinajstić information content (AvgIpc) is 3.07. The fraction of sp³-hybridized carbons (Fsp3) is 0. The third-order valence-electron chi connectivity index (χ3n) is 3.65. The molecular formula is C16H8GeO2. The molecule has 19 heavy (non-hydrogen) atoms. The molecule has 2 nitrogen and oxygen atoms in total. The molecule has 0 saturated carbocycles. The van der Waals surface area contributed by atoms with Crippen molar-refractivity contribution in [1.29, 1.82) is 0 Å². The van der Waals surface area contributed by atoms with Crippen LogP contribution >= 0.6 is 0 Å². The summed E-state index contributed by atoms with van der Waals surface area (Å²) in [5.41, 5.74) is 1.95. The predicted molar refractivity (Wildman–Crippen MR) is 76.4 cm³/mol. The van der Waals surface area contributed by atoms with Crippen molar-refractivity contribution in [3.63, 3.8) is 0 Å². The Kier molecular flexibility index (Phi) is 1.74. The van der Waals surface area contributed by atoms with Crippen LogP contribution in [0, 0.1) is 0 Å². The summed E-state index contributed by atoms with van der Waals surface area (Å²) in [7, 11) is 0. The van der Waals surface area contributed by atoms with E-state index in [2.05, 4.69) is 24.3 Å². The summed E-state index contributed by atoms with van der Waals surface area (Å²) in [6.07, 6.45) is 0. The molecule has 2 aromatic carbocycles. The van der Waals surface area contributed by atoms with Crippen molar-refractivity contribution in [3.8, 4) is 11.5 Å². The molecule has 2 aromatic heterocycles. The molecule has 5 rings (SSSR count). The van der Waals surface area contributed by atoms with Crippen molar-refractivity contribution in [3.05, 3.63) is 48.5 Å². The van der Waals surface area contributed by atoms with Crippen LogP contribution < -0.4 is 8.79 Å². The minimum atomic E-state index is -0.366. The van der Waals surface area contributed by atoms with Crippen molar-refractivity contribution in [2.45, 2.75) is 0 Å². The van der Waals surface area contributed by atoms with Crippen LogP contribution in [0.5, 0.6) is 0 Å². The third kappa shape index (κ3) is 1.17. The van der Waals surface area contributed by atoms with Gasteiger partial charge in [-0.05, 0) is 0 Å². The maximum absolute atomic E-state index is 6.00. The van der Waals surface area contributed by atoms with Gasteiger partial charge in [-0.25, -0.2) is 0 Å².